The SMILES string of the molecule is Cc1cc(-c2ccc3ccccc3c2)n(-c2ccc(NC(N)=O)cc2)n1. The number of nitrogens with two attached hydrogens (primary N) is 1. The molecule has 0 aliphatic rings. The third kappa shape index (κ3) is 3.02. The van der Waals surface area contributed by atoms with E-state index in [4.69, 9.17) is 5.73 Å². The van der Waals surface area contributed by atoms with Crippen LogP contribution in [-0.4, -0.2) is 15.8 Å². The van der Waals surface area contributed by atoms with E-state index in [0.717, 1.165) is 22.6 Å². The van der Waals surface area contributed by atoms with Crippen molar-refractivity contribution in [2.75, 3.05) is 5.32 Å². The predicted octanol–water partition coefficient (Wildman–Crippen LogP) is 4.49. The Hall–Kier alpha value is -3.60. The summed E-state index contributed by atoms with van der Waals surface area (Å²) in [5.41, 5.74) is 9.77. The molecule has 128 valence electrons. The van der Waals surface area contributed by atoms with Gasteiger partial charge in [0, 0.05) is 11.3 Å². The molecule has 5 heteroatoms. The Morgan fingerprint density at radius 3 is 2.42 bits per heavy atom. The Morgan fingerprint density at radius 1 is 0.962 bits per heavy atom. The summed E-state index contributed by atoms with van der Waals surface area (Å²) in [6.45, 7) is 1.98. The van der Waals surface area contributed by atoms with Gasteiger partial charge >= 0.3 is 6.03 Å². The molecule has 0 aliphatic carbocycles. The number of carbonyl (C=O) groups excluding carboxylic acids is 1. The van der Waals surface area contributed by atoms with Crippen molar-refractivity contribution in [3.63, 3.8) is 0 Å². The first-order chi connectivity index (χ1) is 12.6. The van der Waals surface area contributed by atoms with Gasteiger partial charge in [0.25, 0.3) is 0 Å². The van der Waals surface area contributed by atoms with Gasteiger partial charge in [0.1, 0.15) is 0 Å². The fourth-order valence-corrected chi connectivity index (χ4v) is 3.08. The number of aryl methyl sites for hydroxylation is 1. The zero-order valence-corrected chi connectivity index (χ0v) is 14.3. The third-order valence-corrected chi connectivity index (χ3v) is 4.26. The summed E-state index contributed by atoms with van der Waals surface area (Å²) in [5, 5.41) is 9.60. The summed E-state index contributed by atoms with van der Waals surface area (Å²) in [5.74, 6) is 0. The molecule has 3 aromatic carbocycles. The van der Waals surface area contributed by atoms with Gasteiger partial charge in [-0.25, -0.2) is 9.48 Å². The van der Waals surface area contributed by atoms with Gasteiger partial charge in [0.15, 0.2) is 0 Å². The van der Waals surface area contributed by atoms with Crippen molar-refractivity contribution < 1.29 is 4.79 Å². The van der Waals surface area contributed by atoms with Crippen molar-refractivity contribution >= 4 is 22.5 Å². The van der Waals surface area contributed by atoms with Gasteiger partial charge in [-0.3, -0.25) is 0 Å². The van der Waals surface area contributed by atoms with Gasteiger partial charge < -0.3 is 11.1 Å². The number of urea groups is 1. The second-order valence-corrected chi connectivity index (χ2v) is 6.18. The van der Waals surface area contributed by atoms with Crippen molar-refractivity contribution in [1.82, 2.24) is 9.78 Å². The molecule has 0 atom stereocenters. The number of benzene rings is 3. The van der Waals surface area contributed by atoms with E-state index in [0.29, 0.717) is 5.69 Å². The predicted molar refractivity (Wildman–Crippen MR) is 104 cm³/mol. The van der Waals surface area contributed by atoms with Crippen LogP contribution >= 0.6 is 0 Å². The van der Waals surface area contributed by atoms with Crippen LogP contribution in [0, 0.1) is 6.92 Å². The minimum Gasteiger partial charge on any atom is -0.351 e. The normalized spacial score (nSPS) is 10.8. The number of nitrogens with zero attached hydrogens (tertiary/aromatic N) is 2. The molecule has 1 aromatic heterocycles. The Balaban J connectivity index is 1.77. The first kappa shape index (κ1) is 15.9. The van der Waals surface area contributed by atoms with Crippen LogP contribution in [0.15, 0.2) is 72.8 Å². The molecule has 0 saturated carbocycles. The van der Waals surface area contributed by atoms with E-state index in [1.54, 1.807) is 12.1 Å². The first-order valence-electron chi connectivity index (χ1n) is 8.33. The number of carbonyl (C=O) groups is 1. The maximum atomic E-state index is 11.0. The molecule has 0 fully saturated rings. The summed E-state index contributed by atoms with van der Waals surface area (Å²) in [7, 11) is 0. The van der Waals surface area contributed by atoms with Crippen molar-refractivity contribution in [1.29, 1.82) is 0 Å². The maximum absolute atomic E-state index is 11.0. The maximum Gasteiger partial charge on any atom is 0.316 e. The molecule has 1 heterocycles. The van der Waals surface area contributed by atoms with E-state index >= 15 is 0 Å². The van der Waals surface area contributed by atoms with Gasteiger partial charge in [0.2, 0.25) is 0 Å². The van der Waals surface area contributed by atoms with Gasteiger partial charge in [-0.2, -0.15) is 5.10 Å². The van der Waals surface area contributed by atoms with Gasteiger partial charge in [-0.1, -0.05) is 36.4 Å². The lowest BCUT2D eigenvalue weighted by Gasteiger charge is -2.10. The molecule has 0 aliphatic heterocycles. The Bertz CT molecular complexity index is 1100. The number of anilines is 1. The number of rotatable bonds is 3. The Labute approximate surface area is 151 Å². The largest absolute Gasteiger partial charge is 0.351 e. The quantitative estimate of drug-likeness (QED) is 0.576. The number of hydrogen-bond donors (Lipinski definition) is 2. The van der Waals surface area contributed by atoms with Crippen molar-refractivity contribution in [3.05, 3.63) is 78.5 Å². The lowest BCUT2D eigenvalue weighted by molar-refractivity contribution is 0.259. The number of hydrogen-bond acceptors (Lipinski definition) is 2. The van der Waals surface area contributed by atoms with Crippen LogP contribution in [0.4, 0.5) is 10.5 Å². The smallest absolute Gasteiger partial charge is 0.316 e. The molecule has 3 N–H and O–H groups in total. The van der Waals surface area contributed by atoms with E-state index < -0.39 is 6.03 Å². The average molecular weight is 342 g/mol. The van der Waals surface area contributed by atoms with Gasteiger partial charge in [-0.15, -0.1) is 0 Å². The van der Waals surface area contributed by atoms with E-state index in [9.17, 15) is 4.79 Å². The van der Waals surface area contributed by atoms with Crippen molar-refractivity contribution in [3.8, 4) is 16.9 Å². The summed E-state index contributed by atoms with van der Waals surface area (Å²) in [4.78, 5) is 11.0. The van der Waals surface area contributed by atoms with Crippen molar-refractivity contribution in [2.45, 2.75) is 6.92 Å². The third-order valence-electron chi connectivity index (χ3n) is 4.26. The number of amides is 2. The highest BCUT2D eigenvalue weighted by atomic mass is 16.2. The van der Waals surface area contributed by atoms with E-state index in [1.165, 1.54) is 10.8 Å². The van der Waals surface area contributed by atoms with Gasteiger partial charge in [-0.05, 0) is 54.1 Å². The summed E-state index contributed by atoms with van der Waals surface area (Å²) >= 11 is 0. The number of fused-ring (bicyclic) bond motifs is 1. The number of nitrogens with one attached hydrogen (secondary N) is 1. The van der Waals surface area contributed by atoms with E-state index in [-0.39, 0.29) is 0 Å². The molecule has 0 saturated heterocycles. The summed E-state index contributed by atoms with van der Waals surface area (Å²) in [6, 6.07) is 23.6. The molecule has 0 radical (unpaired) electrons. The zero-order valence-electron chi connectivity index (χ0n) is 14.3. The molecule has 4 aromatic rings. The lowest BCUT2D eigenvalue weighted by atomic mass is 10.0. The minimum atomic E-state index is -0.579. The molecular weight excluding hydrogens is 324 g/mol. The zero-order chi connectivity index (χ0) is 18.1. The highest BCUT2D eigenvalue weighted by Gasteiger charge is 2.11. The van der Waals surface area contributed by atoms with Crippen LogP contribution in [0.25, 0.3) is 27.7 Å². The van der Waals surface area contributed by atoms with Crippen LogP contribution in [0.1, 0.15) is 5.69 Å². The van der Waals surface area contributed by atoms with Gasteiger partial charge in [0.05, 0.1) is 17.1 Å². The molecule has 4 rings (SSSR count). The molecule has 26 heavy (non-hydrogen) atoms. The number of aromatic nitrogens is 2. The molecule has 0 spiro atoms. The Kier molecular flexibility index (Phi) is 3.89. The fourth-order valence-electron chi connectivity index (χ4n) is 3.08. The van der Waals surface area contributed by atoms with Crippen molar-refractivity contribution in [2.24, 2.45) is 5.73 Å². The molecule has 2 amide bonds. The van der Waals surface area contributed by atoms with E-state index in [1.807, 2.05) is 35.9 Å². The second kappa shape index (κ2) is 6.37. The first-order valence-corrected chi connectivity index (χ1v) is 8.33. The summed E-state index contributed by atoms with van der Waals surface area (Å²) in [6.07, 6.45) is 0. The molecule has 5 nitrogen and oxygen atoms in total. The highest BCUT2D eigenvalue weighted by molar-refractivity contribution is 5.88. The highest BCUT2D eigenvalue weighted by Crippen LogP contribution is 2.27. The average Bonchev–Trinajstić information content (AvgIpc) is 3.03. The Morgan fingerprint density at radius 2 is 1.69 bits per heavy atom. The van der Waals surface area contributed by atoms with Crippen LogP contribution in [0.3, 0.4) is 0 Å². The topological polar surface area (TPSA) is 72.9 Å². The molecular formula is C21H18N4O. The monoisotopic (exact) mass is 342 g/mol. The fraction of sp³-hybridized carbons (Fsp3) is 0.0476. The summed E-state index contributed by atoms with van der Waals surface area (Å²) < 4.78 is 1.91. The molecule has 0 bridgehead atoms. The van der Waals surface area contributed by atoms with Crippen LogP contribution in [0.2, 0.25) is 0 Å². The minimum absolute atomic E-state index is 0.579. The van der Waals surface area contributed by atoms with Crippen LogP contribution in [0.5, 0.6) is 0 Å². The number of primary amides is 1. The van der Waals surface area contributed by atoms with Crippen LogP contribution in [-0.2, 0) is 0 Å². The van der Waals surface area contributed by atoms with E-state index in [2.05, 4.69) is 46.8 Å². The molecule has 0 unspecified atom stereocenters. The lowest BCUT2D eigenvalue weighted by Crippen LogP contribution is -2.19. The second-order valence-electron chi connectivity index (χ2n) is 6.18. The van der Waals surface area contributed by atoms with Crippen LogP contribution < -0.4 is 11.1 Å². The standard InChI is InChI=1S/C21H18N4O/c1-14-12-20(17-7-6-15-4-2-3-5-16(15)13-17)25(24-14)19-10-8-18(9-11-19)23-21(22)26/h2-13H,1H3,(H3,22,23,26).